The van der Waals surface area contributed by atoms with Gasteiger partial charge in [-0.15, -0.1) is 0 Å². The van der Waals surface area contributed by atoms with Gasteiger partial charge in [0.05, 0.1) is 18.2 Å². The fourth-order valence-electron chi connectivity index (χ4n) is 3.38. The van der Waals surface area contributed by atoms with Gasteiger partial charge in [0.1, 0.15) is 5.82 Å². The molecule has 2 heterocycles. The summed E-state index contributed by atoms with van der Waals surface area (Å²) in [6, 6.07) is 7.07. The van der Waals surface area contributed by atoms with E-state index >= 15 is 0 Å². The second-order valence-electron chi connectivity index (χ2n) is 6.83. The molecule has 1 aromatic heterocycles. The van der Waals surface area contributed by atoms with E-state index in [2.05, 4.69) is 15.2 Å². The van der Waals surface area contributed by atoms with Crippen molar-refractivity contribution in [3.05, 3.63) is 52.7 Å². The zero-order valence-electron chi connectivity index (χ0n) is 16.0. The molecule has 3 rings (SSSR count). The second-order valence-corrected chi connectivity index (χ2v) is 6.83. The van der Waals surface area contributed by atoms with Gasteiger partial charge < -0.3 is 15.0 Å². The van der Waals surface area contributed by atoms with Crippen molar-refractivity contribution in [2.75, 3.05) is 30.4 Å². The molecule has 0 unspecified atom stereocenters. The number of hydrogen-bond donors (Lipinski definition) is 1. The van der Waals surface area contributed by atoms with Crippen LogP contribution in [0.25, 0.3) is 0 Å². The van der Waals surface area contributed by atoms with Crippen LogP contribution in [0.15, 0.2) is 30.5 Å². The predicted octanol–water partition coefficient (Wildman–Crippen LogP) is 3.73. The number of hydrogen-bond acceptors (Lipinski definition) is 5. The van der Waals surface area contributed by atoms with Gasteiger partial charge >= 0.3 is 5.97 Å². The van der Waals surface area contributed by atoms with E-state index in [9.17, 15) is 9.59 Å². The first kappa shape index (κ1) is 18.9. The molecule has 0 spiro atoms. The summed E-state index contributed by atoms with van der Waals surface area (Å²) in [5, 5.41) is 2.91. The maximum absolute atomic E-state index is 12.9. The van der Waals surface area contributed by atoms with Crippen LogP contribution in [-0.2, 0) is 4.74 Å². The highest BCUT2D eigenvalue weighted by Crippen LogP contribution is 2.25. The van der Waals surface area contributed by atoms with E-state index in [4.69, 9.17) is 4.74 Å². The van der Waals surface area contributed by atoms with E-state index < -0.39 is 5.97 Å². The van der Waals surface area contributed by atoms with Crippen molar-refractivity contribution in [2.24, 2.45) is 0 Å². The SMILES string of the molecule is COC(=O)c1cc(NC(=O)c2cccnc2N2CCCCC2)cc(C)c1C. The summed E-state index contributed by atoms with van der Waals surface area (Å²) in [5.41, 5.74) is 3.32. The number of pyridine rings is 1. The molecule has 1 fully saturated rings. The van der Waals surface area contributed by atoms with Crippen molar-refractivity contribution >= 4 is 23.4 Å². The van der Waals surface area contributed by atoms with Crippen LogP contribution < -0.4 is 10.2 Å². The topological polar surface area (TPSA) is 71.5 Å². The largest absolute Gasteiger partial charge is 0.465 e. The van der Waals surface area contributed by atoms with E-state index in [1.165, 1.54) is 13.5 Å². The van der Waals surface area contributed by atoms with Crippen molar-refractivity contribution in [1.82, 2.24) is 4.98 Å². The smallest absolute Gasteiger partial charge is 0.338 e. The molecular weight excluding hydrogens is 342 g/mol. The maximum Gasteiger partial charge on any atom is 0.338 e. The number of ether oxygens (including phenoxy) is 1. The minimum atomic E-state index is -0.415. The summed E-state index contributed by atoms with van der Waals surface area (Å²) in [6.07, 6.45) is 5.14. The molecule has 0 atom stereocenters. The molecule has 2 aromatic rings. The Labute approximate surface area is 159 Å². The van der Waals surface area contributed by atoms with Crippen molar-refractivity contribution in [1.29, 1.82) is 0 Å². The summed E-state index contributed by atoms with van der Waals surface area (Å²) in [5.74, 6) is 0.0662. The van der Waals surface area contributed by atoms with Gasteiger partial charge in [-0.05, 0) is 68.5 Å². The lowest BCUT2D eigenvalue weighted by molar-refractivity contribution is 0.0599. The highest BCUT2D eigenvalue weighted by atomic mass is 16.5. The highest BCUT2D eigenvalue weighted by Gasteiger charge is 2.20. The standard InChI is InChI=1S/C21H25N3O3/c1-14-12-16(13-18(15(14)2)21(26)27-3)23-20(25)17-8-7-9-22-19(17)24-10-5-4-6-11-24/h7-9,12-13H,4-6,10-11H2,1-3H3,(H,23,25). The first-order chi connectivity index (χ1) is 13.0. The summed E-state index contributed by atoms with van der Waals surface area (Å²) in [4.78, 5) is 31.5. The number of benzene rings is 1. The molecule has 27 heavy (non-hydrogen) atoms. The summed E-state index contributed by atoms with van der Waals surface area (Å²) in [6.45, 7) is 5.59. The third-order valence-electron chi connectivity index (χ3n) is 5.02. The summed E-state index contributed by atoms with van der Waals surface area (Å²) < 4.78 is 4.85. The van der Waals surface area contributed by atoms with Gasteiger partial charge in [0.25, 0.3) is 5.91 Å². The molecule has 0 bridgehead atoms. The van der Waals surface area contributed by atoms with Crippen LogP contribution in [0.2, 0.25) is 0 Å². The lowest BCUT2D eigenvalue weighted by atomic mass is 10.0. The average molecular weight is 367 g/mol. The van der Waals surface area contributed by atoms with E-state index in [-0.39, 0.29) is 5.91 Å². The first-order valence-corrected chi connectivity index (χ1v) is 9.22. The number of piperidine rings is 1. The molecule has 1 aromatic carbocycles. The number of methoxy groups -OCH3 is 1. The number of carbonyl (C=O) groups is 2. The number of nitrogens with one attached hydrogen (secondary N) is 1. The molecule has 0 aliphatic carbocycles. The van der Waals surface area contributed by atoms with Crippen LogP contribution >= 0.6 is 0 Å². The number of rotatable bonds is 4. The zero-order valence-corrected chi connectivity index (χ0v) is 16.0. The molecule has 0 radical (unpaired) electrons. The second kappa shape index (κ2) is 8.20. The van der Waals surface area contributed by atoms with Crippen molar-refractivity contribution < 1.29 is 14.3 Å². The van der Waals surface area contributed by atoms with Gasteiger partial charge in [-0.1, -0.05) is 0 Å². The minimum Gasteiger partial charge on any atom is -0.465 e. The number of anilines is 2. The molecule has 0 saturated carbocycles. The molecule has 1 amide bonds. The quantitative estimate of drug-likeness (QED) is 0.834. The number of nitrogens with zero attached hydrogens (tertiary/aromatic N) is 2. The first-order valence-electron chi connectivity index (χ1n) is 9.22. The Morgan fingerprint density at radius 2 is 1.85 bits per heavy atom. The lowest BCUT2D eigenvalue weighted by Gasteiger charge is -2.29. The van der Waals surface area contributed by atoms with Crippen molar-refractivity contribution in [3.63, 3.8) is 0 Å². The molecular formula is C21H25N3O3. The molecule has 1 saturated heterocycles. The third kappa shape index (κ3) is 4.10. The molecule has 1 N–H and O–H groups in total. The van der Waals surface area contributed by atoms with E-state index in [0.717, 1.165) is 37.1 Å². The third-order valence-corrected chi connectivity index (χ3v) is 5.02. The van der Waals surface area contributed by atoms with Gasteiger partial charge in [-0.2, -0.15) is 0 Å². The summed E-state index contributed by atoms with van der Waals surface area (Å²) in [7, 11) is 1.35. The lowest BCUT2D eigenvalue weighted by Crippen LogP contribution is -2.32. The fraction of sp³-hybridized carbons (Fsp3) is 0.381. The van der Waals surface area contributed by atoms with Gasteiger partial charge in [-0.25, -0.2) is 9.78 Å². The number of carbonyl (C=O) groups excluding carboxylic acids is 2. The Kier molecular flexibility index (Phi) is 5.74. The van der Waals surface area contributed by atoms with Crippen LogP contribution in [0.1, 0.15) is 51.1 Å². The van der Waals surface area contributed by atoms with Gasteiger partial charge in [0, 0.05) is 25.0 Å². The van der Waals surface area contributed by atoms with Crippen LogP contribution in [0.5, 0.6) is 0 Å². The normalized spacial score (nSPS) is 14.0. The average Bonchev–Trinajstić information content (AvgIpc) is 2.70. The van der Waals surface area contributed by atoms with Crippen LogP contribution in [0.3, 0.4) is 0 Å². The van der Waals surface area contributed by atoms with Crippen LogP contribution in [0.4, 0.5) is 11.5 Å². The van der Waals surface area contributed by atoms with Crippen molar-refractivity contribution in [2.45, 2.75) is 33.1 Å². The Morgan fingerprint density at radius 3 is 2.56 bits per heavy atom. The Bertz CT molecular complexity index is 858. The Balaban J connectivity index is 1.88. The molecule has 6 heteroatoms. The number of aromatic nitrogens is 1. The van der Waals surface area contributed by atoms with E-state index in [1.807, 2.05) is 19.9 Å². The van der Waals surface area contributed by atoms with Gasteiger partial charge in [0.15, 0.2) is 0 Å². The number of aryl methyl sites for hydroxylation is 1. The Morgan fingerprint density at radius 1 is 1.11 bits per heavy atom. The molecule has 6 nitrogen and oxygen atoms in total. The molecule has 142 valence electrons. The summed E-state index contributed by atoms with van der Waals surface area (Å²) >= 11 is 0. The highest BCUT2D eigenvalue weighted by molar-refractivity contribution is 6.08. The van der Waals surface area contributed by atoms with Crippen molar-refractivity contribution in [3.8, 4) is 0 Å². The zero-order chi connectivity index (χ0) is 19.4. The number of amides is 1. The van der Waals surface area contributed by atoms with Gasteiger partial charge in [-0.3, -0.25) is 4.79 Å². The minimum absolute atomic E-state index is 0.234. The van der Waals surface area contributed by atoms with Crippen LogP contribution in [-0.4, -0.2) is 37.1 Å². The molecule has 1 aliphatic rings. The monoisotopic (exact) mass is 367 g/mol. The fourth-order valence-corrected chi connectivity index (χ4v) is 3.38. The van der Waals surface area contributed by atoms with E-state index in [1.54, 1.807) is 24.4 Å². The number of esters is 1. The maximum atomic E-state index is 12.9. The van der Waals surface area contributed by atoms with Gasteiger partial charge in [0.2, 0.25) is 0 Å². The molecule has 1 aliphatic heterocycles. The van der Waals surface area contributed by atoms with Crippen LogP contribution in [0, 0.1) is 13.8 Å². The Hall–Kier alpha value is -2.89. The predicted molar refractivity (Wildman–Crippen MR) is 106 cm³/mol. The van der Waals surface area contributed by atoms with E-state index in [0.29, 0.717) is 22.6 Å².